The third-order valence-corrected chi connectivity index (χ3v) is 6.90. The van der Waals surface area contributed by atoms with Crippen LogP contribution in [0.3, 0.4) is 0 Å². The maximum absolute atomic E-state index is 13.7. The van der Waals surface area contributed by atoms with Gasteiger partial charge in [0.05, 0.1) is 16.5 Å². The second-order valence-corrected chi connectivity index (χ2v) is 9.03. The molecule has 1 atom stereocenters. The number of benzene rings is 2. The molecule has 0 unspecified atom stereocenters. The minimum atomic E-state index is -0.759. The number of anilines is 1. The first-order chi connectivity index (χ1) is 18.3. The summed E-state index contributed by atoms with van der Waals surface area (Å²) in [5.74, 6) is -0.269. The number of aryl methyl sites for hydroxylation is 1. The molecule has 3 heterocycles. The Kier molecular flexibility index (Phi) is 6.48. The number of hydrogen-bond acceptors (Lipinski definition) is 8. The van der Waals surface area contributed by atoms with Gasteiger partial charge in [0, 0.05) is 38.8 Å². The predicted molar refractivity (Wildman–Crippen MR) is 138 cm³/mol. The summed E-state index contributed by atoms with van der Waals surface area (Å²) in [6.45, 7) is 1.46. The zero-order valence-corrected chi connectivity index (χ0v) is 20.4. The third kappa shape index (κ3) is 4.31. The van der Waals surface area contributed by atoms with Crippen LogP contribution in [0.5, 0.6) is 5.75 Å². The van der Waals surface area contributed by atoms with Gasteiger partial charge < -0.3 is 14.6 Å². The first-order valence-electron chi connectivity index (χ1n) is 11.9. The first-order valence-corrected chi connectivity index (χ1v) is 11.9. The lowest BCUT2D eigenvalue weighted by atomic mass is 9.95. The molecular formula is C27H23FN6O4. The quantitative estimate of drug-likeness (QED) is 0.317. The number of para-hydroxylation sites is 1. The normalized spacial score (nSPS) is 14.8. The van der Waals surface area contributed by atoms with Crippen molar-refractivity contribution in [1.82, 2.24) is 14.5 Å². The van der Waals surface area contributed by atoms with Gasteiger partial charge in [-0.05, 0) is 35.9 Å². The Balaban J connectivity index is 1.56. The van der Waals surface area contributed by atoms with Crippen molar-refractivity contribution in [3.8, 4) is 11.8 Å². The smallest absolute Gasteiger partial charge is 0.359 e. The monoisotopic (exact) mass is 514 g/mol. The van der Waals surface area contributed by atoms with E-state index in [-0.39, 0.29) is 28.5 Å². The fourth-order valence-electron chi connectivity index (χ4n) is 5.06. The van der Waals surface area contributed by atoms with Crippen molar-refractivity contribution >= 4 is 22.4 Å². The number of nitro groups is 1. The topological polar surface area (TPSA) is 129 Å². The fraction of sp³-hybridized carbons (Fsp3) is 0.222. The van der Waals surface area contributed by atoms with E-state index >= 15 is 0 Å². The molecule has 0 bridgehead atoms. The number of piperazine rings is 1. The number of fused-ring (bicyclic) bond motifs is 1. The number of phenols is 1. The van der Waals surface area contributed by atoms with Crippen LogP contribution in [0.1, 0.15) is 22.9 Å². The van der Waals surface area contributed by atoms with Gasteiger partial charge in [0.2, 0.25) is 0 Å². The number of hydrogen-bond donors (Lipinski definition) is 1. The standard InChI is InChI=1S/C27H23FN6O4/c1-31-21-11-10-19(16-29)30-23(21)25(26(27(31)36)34(37)38)33-14-12-32(13-15-33)24(17-6-8-18(28)9-7-17)20-4-2-3-5-22(20)35/h2-11,24,35H,12-15H2,1H3/t24-/m1/s1. The minimum Gasteiger partial charge on any atom is -0.508 e. The Morgan fingerprint density at radius 3 is 2.39 bits per heavy atom. The third-order valence-electron chi connectivity index (χ3n) is 6.90. The summed E-state index contributed by atoms with van der Waals surface area (Å²) in [5, 5.41) is 32.0. The molecule has 1 fully saturated rings. The van der Waals surface area contributed by atoms with Gasteiger partial charge in [-0.25, -0.2) is 9.37 Å². The maximum Gasteiger partial charge on any atom is 0.359 e. The molecule has 1 N–H and O–H groups in total. The minimum absolute atomic E-state index is 0.0845. The molecule has 0 spiro atoms. The number of nitriles is 1. The van der Waals surface area contributed by atoms with E-state index < -0.39 is 22.2 Å². The largest absolute Gasteiger partial charge is 0.508 e. The second kappa shape index (κ2) is 9.91. The molecule has 2 aromatic carbocycles. The summed E-state index contributed by atoms with van der Waals surface area (Å²) in [6, 6.07) is 17.6. The molecule has 0 saturated carbocycles. The van der Waals surface area contributed by atoms with Gasteiger partial charge in [-0.1, -0.05) is 30.3 Å². The van der Waals surface area contributed by atoms with Gasteiger partial charge in [-0.15, -0.1) is 0 Å². The lowest BCUT2D eigenvalue weighted by molar-refractivity contribution is -0.385. The molecule has 0 aliphatic carbocycles. The Morgan fingerprint density at radius 1 is 1.08 bits per heavy atom. The van der Waals surface area contributed by atoms with Crippen LogP contribution >= 0.6 is 0 Å². The van der Waals surface area contributed by atoms with Crippen molar-refractivity contribution in [2.24, 2.45) is 7.05 Å². The number of halogens is 1. The van der Waals surface area contributed by atoms with Gasteiger partial charge in [-0.3, -0.25) is 19.8 Å². The summed E-state index contributed by atoms with van der Waals surface area (Å²) < 4.78 is 14.9. The van der Waals surface area contributed by atoms with Crippen molar-refractivity contribution in [1.29, 1.82) is 5.26 Å². The molecule has 38 heavy (non-hydrogen) atoms. The Bertz CT molecular complexity index is 1640. The SMILES string of the molecule is Cn1c(=O)c([N+](=O)[O-])c(N2CCN([C@H](c3ccc(F)cc3)c3ccccc3O)CC2)c2nc(C#N)ccc21. The fourth-order valence-corrected chi connectivity index (χ4v) is 5.06. The predicted octanol–water partition coefficient (Wildman–Crippen LogP) is 3.47. The Labute approximate surface area is 216 Å². The lowest BCUT2D eigenvalue weighted by Crippen LogP contribution is -2.48. The zero-order valence-electron chi connectivity index (χ0n) is 20.4. The average Bonchev–Trinajstić information content (AvgIpc) is 2.92. The number of rotatable bonds is 5. The molecular weight excluding hydrogens is 491 g/mol. The van der Waals surface area contributed by atoms with E-state index in [2.05, 4.69) is 9.88 Å². The van der Waals surface area contributed by atoms with Crippen LogP contribution in [0, 0.1) is 27.3 Å². The summed E-state index contributed by atoms with van der Waals surface area (Å²) in [7, 11) is 1.44. The Hall–Kier alpha value is -4.82. The number of nitrogens with zero attached hydrogens (tertiary/aromatic N) is 6. The molecule has 2 aromatic heterocycles. The van der Waals surface area contributed by atoms with Gasteiger partial charge >= 0.3 is 11.2 Å². The van der Waals surface area contributed by atoms with E-state index in [1.165, 1.54) is 29.8 Å². The van der Waals surface area contributed by atoms with Crippen LogP contribution in [0.15, 0.2) is 65.5 Å². The molecule has 4 aromatic rings. The maximum atomic E-state index is 13.7. The number of pyridine rings is 2. The van der Waals surface area contributed by atoms with E-state index in [1.807, 2.05) is 18.2 Å². The first kappa shape index (κ1) is 24.9. The van der Waals surface area contributed by atoms with E-state index in [0.29, 0.717) is 37.3 Å². The molecule has 1 aliphatic heterocycles. The molecule has 0 radical (unpaired) electrons. The van der Waals surface area contributed by atoms with Crippen LogP contribution in [0.2, 0.25) is 0 Å². The molecule has 11 heteroatoms. The second-order valence-electron chi connectivity index (χ2n) is 9.03. The highest BCUT2D eigenvalue weighted by Crippen LogP contribution is 2.37. The van der Waals surface area contributed by atoms with Gasteiger partial charge in [-0.2, -0.15) is 5.26 Å². The molecule has 5 rings (SSSR count). The molecule has 10 nitrogen and oxygen atoms in total. The summed E-state index contributed by atoms with van der Waals surface area (Å²) in [4.78, 5) is 32.5. The van der Waals surface area contributed by atoms with Crippen molar-refractivity contribution in [3.63, 3.8) is 0 Å². The van der Waals surface area contributed by atoms with Crippen LogP contribution in [-0.4, -0.2) is 50.7 Å². The van der Waals surface area contributed by atoms with Gasteiger partial charge in [0.25, 0.3) is 0 Å². The molecule has 1 saturated heterocycles. The molecule has 192 valence electrons. The molecule has 1 aliphatic rings. The van der Waals surface area contributed by atoms with E-state index in [0.717, 1.165) is 5.56 Å². The lowest BCUT2D eigenvalue weighted by Gasteiger charge is -2.40. The highest BCUT2D eigenvalue weighted by Gasteiger charge is 2.34. The van der Waals surface area contributed by atoms with E-state index in [4.69, 9.17) is 0 Å². The highest BCUT2D eigenvalue weighted by molar-refractivity contribution is 5.94. The van der Waals surface area contributed by atoms with Crippen LogP contribution in [0.25, 0.3) is 11.0 Å². The van der Waals surface area contributed by atoms with Crippen molar-refractivity contribution in [2.75, 3.05) is 31.1 Å². The summed E-state index contributed by atoms with van der Waals surface area (Å²) in [5.41, 5.74) is 0.853. The van der Waals surface area contributed by atoms with E-state index in [1.54, 1.807) is 35.2 Å². The van der Waals surface area contributed by atoms with Crippen LogP contribution < -0.4 is 10.5 Å². The Morgan fingerprint density at radius 2 is 1.76 bits per heavy atom. The van der Waals surface area contributed by atoms with Gasteiger partial charge in [0.15, 0.2) is 5.69 Å². The average molecular weight is 515 g/mol. The van der Waals surface area contributed by atoms with Crippen LogP contribution in [0.4, 0.5) is 15.8 Å². The van der Waals surface area contributed by atoms with Crippen molar-refractivity contribution in [2.45, 2.75) is 6.04 Å². The summed E-state index contributed by atoms with van der Waals surface area (Å²) in [6.07, 6.45) is 0. The zero-order chi connectivity index (χ0) is 27.0. The summed E-state index contributed by atoms with van der Waals surface area (Å²) >= 11 is 0. The number of aromatic hydroxyl groups is 1. The van der Waals surface area contributed by atoms with Crippen molar-refractivity contribution in [3.05, 3.63) is 104 Å². The number of phenolic OH excluding ortho intramolecular Hbond substituents is 1. The molecule has 0 amide bonds. The van der Waals surface area contributed by atoms with E-state index in [9.17, 15) is 29.7 Å². The highest BCUT2D eigenvalue weighted by atomic mass is 19.1. The van der Waals surface area contributed by atoms with Crippen LogP contribution in [-0.2, 0) is 7.05 Å². The van der Waals surface area contributed by atoms with Gasteiger partial charge in [0.1, 0.15) is 28.8 Å². The van der Waals surface area contributed by atoms with Crippen molar-refractivity contribution < 1.29 is 14.4 Å². The number of aromatic nitrogens is 2.